The first kappa shape index (κ1) is 16.1. The van der Waals surface area contributed by atoms with Crippen LogP contribution in [0.3, 0.4) is 0 Å². The van der Waals surface area contributed by atoms with Crippen molar-refractivity contribution in [3.05, 3.63) is 47.9 Å². The monoisotopic (exact) mass is 317 g/mol. The second-order valence-corrected chi connectivity index (χ2v) is 4.59. The molecule has 0 saturated heterocycles. The van der Waals surface area contributed by atoms with Crippen molar-refractivity contribution in [2.45, 2.75) is 6.92 Å². The normalized spacial score (nSPS) is 11.1. The number of phenols is 2. The molecule has 2 rings (SSSR count). The Morgan fingerprint density at radius 2 is 2.04 bits per heavy atom. The third kappa shape index (κ3) is 4.34. The highest BCUT2D eigenvalue weighted by Gasteiger charge is 2.10. The Morgan fingerprint density at radius 1 is 1.26 bits per heavy atom. The SMILES string of the molecule is C/C(=N\NC(=O)CNC(=O)c1ccco1)c1cc(O)ccc1O. The summed E-state index contributed by atoms with van der Waals surface area (Å²) < 4.78 is 4.89. The average molecular weight is 317 g/mol. The Hall–Kier alpha value is -3.29. The van der Waals surface area contributed by atoms with Gasteiger partial charge < -0.3 is 19.9 Å². The van der Waals surface area contributed by atoms with Crippen molar-refractivity contribution >= 4 is 17.5 Å². The summed E-state index contributed by atoms with van der Waals surface area (Å²) in [6.07, 6.45) is 1.35. The van der Waals surface area contributed by atoms with Gasteiger partial charge in [0.05, 0.1) is 18.5 Å². The first-order valence-electron chi connectivity index (χ1n) is 6.64. The summed E-state index contributed by atoms with van der Waals surface area (Å²) in [5.41, 5.74) is 2.82. The van der Waals surface area contributed by atoms with Crippen molar-refractivity contribution in [2.24, 2.45) is 5.10 Å². The molecule has 23 heavy (non-hydrogen) atoms. The van der Waals surface area contributed by atoms with Gasteiger partial charge in [0, 0.05) is 5.56 Å². The Morgan fingerprint density at radius 3 is 2.74 bits per heavy atom. The molecule has 2 aromatic rings. The smallest absolute Gasteiger partial charge is 0.287 e. The van der Waals surface area contributed by atoms with E-state index in [9.17, 15) is 19.8 Å². The van der Waals surface area contributed by atoms with E-state index in [0.29, 0.717) is 5.71 Å². The van der Waals surface area contributed by atoms with Crippen molar-refractivity contribution in [1.82, 2.24) is 10.7 Å². The minimum Gasteiger partial charge on any atom is -0.508 e. The molecule has 2 amide bonds. The van der Waals surface area contributed by atoms with Crippen LogP contribution in [0.15, 0.2) is 46.1 Å². The summed E-state index contributed by atoms with van der Waals surface area (Å²) in [6.45, 7) is 1.26. The summed E-state index contributed by atoms with van der Waals surface area (Å²) in [4.78, 5) is 23.2. The highest BCUT2D eigenvalue weighted by Crippen LogP contribution is 2.22. The van der Waals surface area contributed by atoms with Gasteiger partial charge in [-0.2, -0.15) is 5.10 Å². The van der Waals surface area contributed by atoms with Crippen LogP contribution < -0.4 is 10.7 Å². The number of hydrogen-bond donors (Lipinski definition) is 4. The summed E-state index contributed by atoms with van der Waals surface area (Å²) in [6, 6.07) is 6.99. The average Bonchev–Trinajstić information content (AvgIpc) is 3.07. The fourth-order valence-electron chi connectivity index (χ4n) is 1.72. The lowest BCUT2D eigenvalue weighted by molar-refractivity contribution is -0.120. The Labute approximate surface area is 131 Å². The van der Waals surface area contributed by atoms with Crippen LogP contribution in [0.2, 0.25) is 0 Å². The van der Waals surface area contributed by atoms with E-state index in [0.717, 1.165) is 0 Å². The molecule has 4 N–H and O–H groups in total. The van der Waals surface area contributed by atoms with Gasteiger partial charge in [0.15, 0.2) is 5.76 Å². The zero-order valence-corrected chi connectivity index (χ0v) is 12.2. The number of hydrazone groups is 1. The standard InChI is InChI=1S/C15H15N3O5/c1-9(11-7-10(19)4-5-12(11)20)17-18-14(21)8-16-15(22)13-3-2-6-23-13/h2-7,19-20H,8H2,1H3,(H,16,22)(H,18,21)/b17-9+. The molecule has 0 bridgehead atoms. The number of carbonyl (C=O) groups excluding carboxylic acids is 2. The Bertz CT molecular complexity index is 738. The van der Waals surface area contributed by atoms with Gasteiger partial charge in [0.1, 0.15) is 11.5 Å². The maximum absolute atomic E-state index is 11.6. The first-order valence-corrected chi connectivity index (χ1v) is 6.64. The van der Waals surface area contributed by atoms with Gasteiger partial charge in [-0.15, -0.1) is 0 Å². The third-order valence-corrected chi connectivity index (χ3v) is 2.87. The molecule has 0 radical (unpaired) electrons. The van der Waals surface area contributed by atoms with E-state index in [2.05, 4.69) is 15.8 Å². The van der Waals surface area contributed by atoms with Gasteiger partial charge in [-0.25, -0.2) is 5.43 Å². The molecule has 0 saturated carbocycles. The molecule has 0 aliphatic rings. The highest BCUT2D eigenvalue weighted by molar-refractivity contribution is 6.02. The van der Waals surface area contributed by atoms with E-state index in [-0.39, 0.29) is 29.4 Å². The number of amides is 2. The van der Waals surface area contributed by atoms with E-state index in [1.807, 2.05) is 0 Å². The summed E-state index contributed by atoms with van der Waals surface area (Å²) in [5.74, 6) is -1.09. The van der Waals surface area contributed by atoms with Crippen LogP contribution >= 0.6 is 0 Å². The van der Waals surface area contributed by atoms with Gasteiger partial charge >= 0.3 is 0 Å². The second kappa shape index (κ2) is 7.12. The molecule has 1 aromatic carbocycles. The molecular formula is C15H15N3O5. The molecule has 0 aliphatic heterocycles. The number of nitrogens with zero attached hydrogens (tertiary/aromatic N) is 1. The van der Waals surface area contributed by atoms with Crippen molar-refractivity contribution in [3.8, 4) is 11.5 Å². The van der Waals surface area contributed by atoms with Crippen molar-refractivity contribution in [2.75, 3.05) is 6.54 Å². The molecule has 8 heteroatoms. The molecular weight excluding hydrogens is 302 g/mol. The number of carbonyl (C=O) groups is 2. The summed E-state index contributed by atoms with van der Waals surface area (Å²) >= 11 is 0. The predicted molar refractivity (Wildman–Crippen MR) is 81.2 cm³/mol. The lowest BCUT2D eigenvalue weighted by atomic mass is 10.1. The first-order chi connectivity index (χ1) is 11.0. The zero-order valence-electron chi connectivity index (χ0n) is 12.2. The van der Waals surface area contributed by atoms with Crippen molar-refractivity contribution in [3.63, 3.8) is 0 Å². The summed E-state index contributed by atoms with van der Waals surface area (Å²) in [7, 11) is 0. The molecule has 0 atom stereocenters. The van der Waals surface area contributed by atoms with E-state index in [4.69, 9.17) is 4.42 Å². The van der Waals surface area contributed by atoms with Gasteiger partial charge in [0.25, 0.3) is 11.8 Å². The maximum Gasteiger partial charge on any atom is 0.287 e. The molecule has 0 unspecified atom stereocenters. The minimum absolute atomic E-state index is 0.0376. The molecule has 120 valence electrons. The fraction of sp³-hybridized carbons (Fsp3) is 0.133. The molecule has 0 spiro atoms. The van der Waals surface area contributed by atoms with Crippen LogP contribution in [0.25, 0.3) is 0 Å². The van der Waals surface area contributed by atoms with Gasteiger partial charge in [-0.05, 0) is 37.3 Å². The van der Waals surface area contributed by atoms with Crippen molar-refractivity contribution in [1.29, 1.82) is 0 Å². The lowest BCUT2D eigenvalue weighted by Crippen LogP contribution is -2.35. The quantitative estimate of drug-likeness (QED) is 0.371. The highest BCUT2D eigenvalue weighted by atomic mass is 16.3. The van der Waals surface area contributed by atoms with E-state index < -0.39 is 11.8 Å². The van der Waals surface area contributed by atoms with Crippen LogP contribution in [0.1, 0.15) is 23.0 Å². The van der Waals surface area contributed by atoms with Crippen LogP contribution in [-0.2, 0) is 4.79 Å². The second-order valence-electron chi connectivity index (χ2n) is 4.59. The number of phenolic OH excluding ortho intramolecular Hbond substituents is 2. The molecule has 8 nitrogen and oxygen atoms in total. The van der Waals surface area contributed by atoms with Crippen molar-refractivity contribution < 1.29 is 24.2 Å². The third-order valence-electron chi connectivity index (χ3n) is 2.87. The number of rotatable bonds is 5. The molecule has 1 heterocycles. The topological polar surface area (TPSA) is 124 Å². The molecule has 0 aliphatic carbocycles. The van der Waals surface area contributed by atoms with Crippen LogP contribution in [0, 0.1) is 0 Å². The van der Waals surface area contributed by atoms with E-state index in [1.165, 1.54) is 30.5 Å². The number of aromatic hydroxyl groups is 2. The van der Waals surface area contributed by atoms with Crippen LogP contribution in [0.4, 0.5) is 0 Å². The predicted octanol–water partition coefficient (Wildman–Crippen LogP) is 0.961. The molecule has 1 aromatic heterocycles. The van der Waals surface area contributed by atoms with Gasteiger partial charge in [-0.1, -0.05) is 0 Å². The fourth-order valence-corrected chi connectivity index (χ4v) is 1.72. The maximum atomic E-state index is 11.6. The van der Waals surface area contributed by atoms with Crippen LogP contribution in [0.5, 0.6) is 11.5 Å². The van der Waals surface area contributed by atoms with Gasteiger partial charge in [0.2, 0.25) is 0 Å². The minimum atomic E-state index is -0.552. The number of benzene rings is 1. The number of furan rings is 1. The zero-order chi connectivity index (χ0) is 16.8. The van der Waals surface area contributed by atoms with E-state index >= 15 is 0 Å². The summed E-state index contributed by atoms with van der Waals surface area (Å²) in [5, 5.41) is 25.2. The van der Waals surface area contributed by atoms with Gasteiger partial charge in [-0.3, -0.25) is 9.59 Å². The van der Waals surface area contributed by atoms with E-state index in [1.54, 1.807) is 13.0 Å². The number of nitrogens with one attached hydrogen (secondary N) is 2. The Kier molecular flexibility index (Phi) is 4.98. The Balaban J connectivity index is 1.90. The number of hydrogen-bond acceptors (Lipinski definition) is 6. The lowest BCUT2D eigenvalue weighted by Gasteiger charge is -2.06. The largest absolute Gasteiger partial charge is 0.508 e. The molecule has 0 fully saturated rings. The van der Waals surface area contributed by atoms with Crippen LogP contribution in [-0.4, -0.2) is 34.3 Å².